The lowest BCUT2D eigenvalue weighted by Gasteiger charge is -2.13. The Morgan fingerprint density at radius 2 is 1.86 bits per heavy atom. The molecule has 0 aliphatic heterocycles. The minimum absolute atomic E-state index is 0.142. The van der Waals surface area contributed by atoms with Crippen molar-refractivity contribution in [1.82, 2.24) is 19.4 Å². The number of esters is 1. The lowest BCUT2D eigenvalue weighted by Crippen LogP contribution is -2.15. The van der Waals surface area contributed by atoms with Gasteiger partial charge in [0.05, 0.1) is 12.3 Å². The van der Waals surface area contributed by atoms with Crippen LogP contribution >= 0.6 is 0 Å². The van der Waals surface area contributed by atoms with Gasteiger partial charge < -0.3 is 13.9 Å². The second-order valence-electron chi connectivity index (χ2n) is 8.21. The maximum atomic E-state index is 12.9. The van der Waals surface area contributed by atoms with Crippen LogP contribution in [0, 0.1) is 13.8 Å². The number of alkyl halides is 2. The number of hydrogen-bond acceptors (Lipinski definition) is 6. The molecule has 0 spiro atoms. The molecule has 1 aromatic carbocycles. The molecule has 7 nitrogen and oxygen atoms in total. The van der Waals surface area contributed by atoms with Crippen LogP contribution in [0.5, 0.6) is 5.75 Å². The van der Waals surface area contributed by atoms with E-state index in [1.165, 1.54) is 6.07 Å². The summed E-state index contributed by atoms with van der Waals surface area (Å²) in [4.78, 5) is 25.4. The fourth-order valence-corrected chi connectivity index (χ4v) is 3.98. The van der Waals surface area contributed by atoms with Gasteiger partial charge in [0.2, 0.25) is 0 Å². The Balaban J connectivity index is 1.70. The van der Waals surface area contributed by atoms with Crippen molar-refractivity contribution in [2.24, 2.45) is 0 Å². The highest BCUT2D eigenvalue weighted by Crippen LogP contribution is 2.29. The van der Waals surface area contributed by atoms with E-state index >= 15 is 0 Å². The van der Waals surface area contributed by atoms with Gasteiger partial charge >= 0.3 is 12.6 Å². The van der Waals surface area contributed by atoms with E-state index in [4.69, 9.17) is 9.47 Å². The molecule has 4 rings (SSSR count). The second kappa shape index (κ2) is 10.2. The van der Waals surface area contributed by atoms with Crippen LogP contribution in [0.4, 0.5) is 8.78 Å². The highest BCUT2D eigenvalue weighted by Gasteiger charge is 2.20. The van der Waals surface area contributed by atoms with Gasteiger partial charge in [-0.25, -0.2) is 15.0 Å². The summed E-state index contributed by atoms with van der Waals surface area (Å²) >= 11 is 0. The van der Waals surface area contributed by atoms with Gasteiger partial charge in [0.15, 0.2) is 0 Å². The summed E-state index contributed by atoms with van der Waals surface area (Å²) in [6, 6.07) is 8.71. The predicted octanol–water partition coefficient (Wildman–Crippen LogP) is 5.27. The normalized spacial score (nSPS) is 12.2. The molecule has 0 N–H and O–H groups in total. The number of pyridine rings is 1. The summed E-state index contributed by atoms with van der Waals surface area (Å²) in [5.41, 5.74) is 5.69. The van der Waals surface area contributed by atoms with Crippen LogP contribution < -0.4 is 4.74 Å². The zero-order chi connectivity index (χ0) is 25.1. The molecule has 1 unspecified atom stereocenters. The number of ether oxygens (including phenoxy) is 2. The first-order valence-corrected chi connectivity index (χ1v) is 11.3. The van der Waals surface area contributed by atoms with Gasteiger partial charge in [0.1, 0.15) is 23.1 Å². The number of halogens is 2. The van der Waals surface area contributed by atoms with Crippen molar-refractivity contribution in [3.63, 3.8) is 0 Å². The Morgan fingerprint density at radius 3 is 2.54 bits per heavy atom. The number of rotatable bonds is 8. The highest BCUT2D eigenvalue weighted by molar-refractivity contribution is 5.76. The van der Waals surface area contributed by atoms with Gasteiger partial charge in [-0.2, -0.15) is 8.78 Å². The van der Waals surface area contributed by atoms with Crippen LogP contribution in [-0.2, 0) is 16.0 Å². The quantitative estimate of drug-likeness (QED) is 0.320. The fraction of sp³-hybridized carbons (Fsp3) is 0.308. The third-order valence-electron chi connectivity index (χ3n) is 5.82. The summed E-state index contributed by atoms with van der Waals surface area (Å²) in [6.07, 6.45) is 5.68. The fourth-order valence-electron chi connectivity index (χ4n) is 3.98. The van der Waals surface area contributed by atoms with Crippen molar-refractivity contribution in [2.75, 3.05) is 6.61 Å². The largest absolute Gasteiger partial charge is 0.465 e. The zero-order valence-corrected chi connectivity index (χ0v) is 20.0. The molecule has 0 saturated carbocycles. The third kappa shape index (κ3) is 5.13. The minimum Gasteiger partial charge on any atom is -0.465 e. The van der Waals surface area contributed by atoms with E-state index in [0.29, 0.717) is 24.4 Å². The summed E-state index contributed by atoms with van der Waals surface area (Å²) in [5, 5.41) is 0. The van der Waals surface area contributed by atoms with Gasteiger partial charge in [-0.05, 0) is 45.4 Å². The number of aryl methyl sites for hydroxylation is 2. The number of hydrogen-bond donors (Lipinski definition) is 0. The number of para-hydroxylation sites is 1. The number of aromatic nitrogens is 4. The van der Waals surface area contributed by atoms with Crippen molar-refractivity contribution in [2.45, 2.75) is 46.6 Å². The Morgan fingerprint density at radius 1 is 1.14 bits per heavy atom. The van der Waals surface area contributed by atoms with Crippen LogP contribution in [0.15, 0.2) is 48.9 Å². The molecule has 182 valence electrons. The summed E-state index contributed by atoms with van der Waals surface area (Å²) in [6.45, 7) is 4.72. The summed E-state index contributed by atoms with van der Waals surface area (Å²) < 4.78 is 37.5. The topological polar surface area (TPSA) is 78.6 Å². The molecule has 9 heteroatoms. The molecule has 0 aliphatic rings. The average Bonchev–Trinajstić information content (AvgIpc) is 3.13. The van der Waals surface area contributed by atoms with Gasteiger partial charge in [0, 0.05) is 47.4 Å². The highest BCUT2D eigenvalue weighted by atomic mass is 19.3. The number of benzene rings is 1. The van der Waals surface area contributed by atoms with Gasteiger partial charge in [-0.3, -0.25) is 4.79 Å². The van der Waals surface area contributed by atoms with Crippen molar-refractivity contribution >= 4 is 11.6 Å². The van der Waals surface area contributed by atoms with Crippen LogP contribution in [-0.4, -0.2) is 38.5 Å². The average molecular weight is 481 g/mol. The molecule has 0 amide bonds. The van der Waals surface area contributed by atoms with Gasteiger partial charge in [-0.1, -0.05) is 18.2 Å². The van der Waals surface area contributed by atoms with Crippen LogP contribution in [0.25, 0.3) is 16.8 Å². The number of imidazole rings is 1. The molecule has 0 bridgehead atoms. The molecular formula is C26H26F2N4O3. The van der Waals surface area contributed by atoms with E-state index < -0.39 is 12.5 Å². The Kier molecular flexibility index (Phi) is 7.04. The Hall–Kier alpha value is -3.88. The SMILES string of the molecule is CCOC(=O)C(C)c1ncc(-c2cn3c(Cc4ccccc4OC(F)F)c(C)nc3cc2C)cn1. The minimum atomic E-state index is -2.90. The monoisotopic (exact) mass is 480 g/mol. The van der Waals surface area contributed by atoms with E-state index in [-0.39, 0.29) is 11.7 Å². The Bertz CT molecular complexity index is 1350. The molecule has 3 aromatic heterocycles. The van der Waals surface area contributed by atoms with Gasteiger partial charge in [0.25, 0.3) is 0 Å². The van der Waals surface area contributed by atoms with E-state index in [2.05, 4.69) is 15.0 Å². The first-order chi connectivity index (χ1) is 16.8. The standard InChI is InChI=1S/C26H26F2N4O3/c1-5-34-25(33)16(3)24-29-12-19(13-30-24)20-14-32-21(17(4)31-23(32)10-15(20)2)11-18-8-6-7-9-22(18)35-26(27)28/h6-10,12-14,16,26H,5,11H2,1-4H3. The summed E-state index contributed by atoms with van der Waals surface area (Å²) in [5.74, 6) is -0.400. The zero-order valence-electron chi connectivity index (χ0n) is 20.0. The van der Waals surface area contributed by atoms with E-state index in [1.54, 1.807) is 44.4 Å². The van der Waals surface area contributed by atoms with Crippen molar-refractivity contribution in [3.05, 3.63) is 77.3 Å². The van der Waals surface area contributed by atoms with Crippen LogP contribution in [0.3, 0.4) is 0 Å². The molecule has 0 saturated heterocycles. The van der Waals surface area contributed by atoms with E-state index in [1.807, 2.05) is 30.5 Å². The number of carbonyl (C=O) groups is 1. The smallest absolute Gasteiger partial charge is 0.387 e. The van der Waals surface area contributed by atoms with Crippen molar-refractivity contribution in [1.29, 1.82) is 0 Å². The molecule has 35 heavy (non-hydrogen) atoms. The lowest BCUT2D eigenvalue weighted by molar-refractivity contribution is -0.144. The number of fused-ring (bicyclic) bond motifs is 1. The third-order valence-corrected chi connectivity index (χ3v) is 5.82. The van der Waals surface area contributed by atoms with E-state index in [0.717, 1.165) is 33.7 Å². The van der Waals surface area contributed by atoms with Crippen molar-refractivity contribution < 1.29 is 23.0 Å². The first-order valence-electron chi connectivity index (χ1n) is 11.3. The Labute approximate surface area is 201 Å². The maximum Gasteiger partial charge on any atom is 0.387 e. The van der Waals surface area contributed by atoms with Crippen LogP contribution in [0.2, 0.25) is 0 Å². The second-order valence-corrected chi connectivity index (χ2v) is 8.21. The van der Waals surface area contributed by atoms with Crippen LogP contribution in [0.1, 0.15) is 48.1 Å². The molecule has 4 aromatic rings. The van der Waals surface area contributed by atoms with Gasteiger partial charge in [-0.15, -0.1) is 0 Å². The number of carbonyl (C=O) groups excluding carboxylic acids is 1. The predicted molar refractivity (Wildman–Crippen MR) is 127 cm³/mol. The lowest BCUT2D eigenvalue weighted by atomic mass is 10.0. The number of nitrogens with zero attached hydrogens (tertiary/aromatic N) is 4. The molecular weight excluding hydrogens is 454 g/mol. The molecule has 1 atom stereocenters. The molecule has 0 fully saturated rings. The molecule has 3 heterocycles. The summed E-state index contributed by atoms with van der Waals surface area (Å²) in [7, 11) is 0. The first kappa shape index (κ1) is 24.3. The molecule has 0 aliphatic carbocycles. The van der Waals surface area contributed by atoms with Crippen molar-refractivity contribution in [3.8, 4) is 16.9 Å². The maximum absolute atomic E-state index is 12.9. The van der Waals surface area contributed by atoms with E-state index in [9.17, 15) is 13.6 Å². The molecule has 0 radical (unpaired) electrons.